The fourth-order valence-electron chi connectivity index (χ4n) is 5.35. The Morgan fingerprint density at radius 3 is 2.48 bits per heavy atom. The summed E-state index contributed by atoms with van der Waals surface area (Å²) >= 11 is 0. The molecule has 2 aliphatic rings. The number of benzene rings is 1. The standard InChI is InChI=1S/C26H37N3O4/c1-7-15(3)20(13-30)29-23(25(32)28-19-12-14(2)8-9-16(19)4)18-11-10-17(5)21(24(31)27-6)22(18)26(29)33/h8-12,15,17-18,20-23,30H,7,13H2,1-6H3,(H,27,31)(H,28,32)/t15-,17+,18-,20-,21+,22+,23-/m0/s1. The van der Waals surface area contributed by atoms with Crippen LogP contribution in [-0.2, 0) is 14.4 Å². The predicted octanol–water partition coefficient (Wildman–Crippen LogP) is 2.66. The molecule has 0 unspecified atom stereocenters. The number of aliphatic hydroxyl groups excluding tert-OH is 1. The van der Waals surface area contributed by atoms with Crippen LogP contribution in [0, 0.1) is 43.4 Å². The van der Waals surface area contributed by atoms with Gasteiger partial charge in [-0.3, -0.25) is 14.4 Å². The summed E-state index contributed by atoms with van der Waals surface area (Å²) in [6.45, 7) is 9.55. The molecule has 0 saturated carbocycles. The zero-order valence-electron chi connectivity index (χ0n) is 20.5. The normalized spacial score (nSPS) is 28.3. The zero-order valence-corrected chi connectivity index (χ0v) is 20.5. The molecule has 1 aliphatic heterocycles. The Morgan fingerprint density at radius 2 is 1.88 bits per heavy atom. The highest BCUT2D eigenvalue weighted by atomic mass is 16.3. The first-order chi connectivity index (χ1) is 15.7. The quantitative estimate of drug-likeness (QED) is 0.551. The first kappa shape index (κ1) is 25.0. The van der Waals surface area contributed by atoms with Crippen LogP contribution < -0.4 is 10.6 Å². The summed E-state index contributed by atoms with van der Waals surface area (Å²) in [5.74, 6) is -2.50. The third kappa shape index (κ3) is 4.56. The van der Waals surface area contributed by atoms with Crippen molar-refractivity contribution in [3.8, 4) is 0 Å². The van der Waals surface area contributed by atoms with Gasteiger partial charge in [-0.1, -0.05) is 51.5 Å². The predicted molar refractivity (Wildman–Crippen MR) is 128 cm³/mol. The molecule has 33 heavy (non-hydrogen) atoms. The van der Waals surface area contributed by atoms with Crippen molar-refractivity contribution in [2.45, 2.75) is 53.1 Å². The molecular formula is C26H37N3O4. The number of carbonyl (C=O) groups is 3. The zero-order chi connectivity index (χ0) is 24.4. The monoisotopic (exact) mass is 455 g/mol. The van der Waals surface area contributed by atoms with Crippen molar-refractivity contribution in [1.82, 2.24) is 10.2 Å². The van der Waals surface area contributed by atoms with Crippen molar-refractivity contribution in [1.29, 1.82) is 0 Å². The second kappa shape index (κ2) is 10.1. The molecule has 1 aliphatic carbocycles. The van der Waals surface area contributed by atoms with Gasteiger partial charge in [0.2, 0.25) is 17.7 Å². The van der Waals surface area contributed by atoms with Gasteiger partial charge in [-0.05, 0) is 42.9 Å². The molecule has 7 atom stereocenters. The van der Waals surface area contributed by atoms with E-state index in [1.165, 1.54) is 0 Å². The molecule has 1 saturated heterocycles. The number of nitrogens with one attached hydrogen (secondary N) is 2. The van der Waals surface area contributed by atoms with Gasteiger partial charge in [0, 0.05) is 18.7 Å². The maximum absolute atomic E-state index is 13.8. The van der Waals surface area contributed by atoms with Crippen LogP contribution in [-0.4, -0.2) is 53.5 Å². The lowest BCUT2D eigenvalue weighted by Crippen LogP contribution is -2.52. The SMILES string of the molecule is CC[C@H](C)[C@H](CO)N1C(=O)[C@@H]2[C@H](C=C[C@@H](C)[C@H]2C(=O)NC)[C@H]1C(=O)Nc1cc(C)ccc1C. The number of anilines is 1. The summed E-state index contributed by atoms with van der Waals surface area (Å²) < 4.78 is 0. The minimum Gasteiger partial charge on any atom is -0.394 e. The molecule has 180 valence electrons. The van der Waals surface area contributed by atoms with Gasteiger partial charge in [0.25, 0.3) is 0 Å². The number of allylic oxidation sites excluding steroid dienone is 1. The highest BCUT2D eigenvalue weighted by Gasteiger charge is 2.58. The lowest BCUT2D eigenvalue weighted by atomic mass is 9.70. The number of hydrogen-bond donors (Lipinski definition) is 3. The number of carbonyl (C=O) groups excluding carboxylic acids is 3. The summed E-state index contributed by atoms with van der Waals surface area (Å²) in [4.78, 5) is 41.9. The molecule has 7 nitrogen and oxygen atoms in total. The average molecular weight is 456 g/mol. The smallest absolute Gasteiger partial charge is 0.247 e. The number of aliphatic hydroxyl groups is 1. The third-order valence-corrected chi connectivity index (χ3v) is 7.52. The van der Waals surface area contributed by atoms with Crippen molar-refractivity contribution < 1.29 is 19.5 Å². The molecule has 0 radical (unpaired) electrons. The van der Waals surface area contributed by atoms with Gasteiger partial charge >= 0.3 is 0 Å². The minimum absolute atomic E-state index is 0.00466. The van der Waals surface area contributed by atoms with E-state index < -0.39 is 29.8 Å². The van der Waals surface area contributed by atoms with Crippen LogP contribution in [0.4, 0.5) is 5.69 Å². The Balaban J connectivity index is 2.07. The van der Waals surface area contributed by atoms with E-state index in [1.807, 2.05) is 65.0 Å². The van der Waals surface area contributed by atoms with Crippen LogP contribution in [0.2, 0.25) is 0 Å². The largest absolute Gasteiger partial charge is 0.394 e. The van der Waals surface area contributed by atoms with Crippen molar-refractivity contribution in [3.05, 3.63) is 41.5 Å². The second-order valence-electron chi connectivity index (χ2n) is 9.62. The number of aryl methyl sites for hydroxylation is 2. The van der Waals surface area contributed by atoms with Gasteiger partial charge in [-0.2, -0.15) is 0 Å². The second-order valence-corrected chi connectivity index (χ2v) is 9.62. The lowest BCUT2D eigenvalue weighted by Gasteiger charge is -2.36. The molecule has 1 aromatic carbocycles. The summed E-state index contributed by atoms with van der Waals surface area (Å²) in [6.07, 6.45) is 4.61. The maximum atomic E-state index is 13.8. The Bertz CT molecular complexity index is 943. The van der Waals surface area contributed by atoms with Crippen LogP contribution in [0.25, 0.3) is 0 Å². The Morgan fingerprint density at radius 1 is 1.18 bits per heavy atom. The number of amides is 3. The summed E-state index contributed by atoms with van der Waals surface area (Å²) in [5.41, 5.74) is 2.65. The van der Waals surface area contributed by atoms with Gasteiger partial charge < -0.3 is 20.6 Å². The van der Waals surface area contributed by atoms with Crippen molar-refractivity contribution in [2.75, 3.05) is 19.0 Å². The highest BCUT2D eigenvalue weighted by molar-refractivity contribution is 6.02. The van der Waals surface area contributed by atoms with E-state index in [1.54, 1.807) is 11.9 Å². The minimum atomic E-state index is -0.801. The lowest BCUT2D eigenvalue weighted by molar-refractivity contribution is -0.143. The van der Waals surface area contributed by atoms with E-state index in [9.17, 15) is 19.5 Å². The topological polar surface area (TPSA) is 98.7 Å². The maximum Gasteiger partial charge on any atom is 0.247 e. The van der Waals surface area contributed by atoms with E-state index >= 15 is 0 Å². The van der Waals surface area contributed by atoms with Crippen LogP contribution >= 0.6 is 0 Å². The molecule has 0 spiro atoms. The summed E-state index contributed by atoms with van der Waals surface area (Å²) in [6, 6.07) is 4.54. The number of likely N-dealkylation sites (tertiary alicyclic amines) is 1. The van der Waals surface area contributed by atoms with Crippen molar-refractivity contribution >= 4 is 23.4 Å². The number of fused-ring (bicyclic) bond motifs is 1. The summed E-state index contributed by atoms with van der Waals surface area (Å²) in [7, 11) is 1.57. The molecule has 7 heteroatoms. The van der Waals surface area contributed by atoms with Gasteiger partial charge in [0.15, 0.2) is 0 Å². The van der Waals surface area contributed by atoms with E-state index in [0.29, 0.717) is 5.69 Å². The Labute approximate surface area is 196 Å². The number of rotatable bonds is 7. The van der Waals surface area contributed by atoms with E-state index in [-0.39, 0.29) is 36.2 Å². The Hall–Kier alpha value is -2.67. The first-order valence-electron chi connectivity index (χ1n) is 11.9. The number of hydrogen-bond acceptors (Lipinski definition) is 4. The third-order valence-electron chi connectivity index (χ3n) is 7.52. The molecule has 1 heterocycles. The molecule has 3 N–H and O–H groups in total. The van der Waals surface area contributed by atoms with Gasteiger partial charge in [0.05, 0.1) is 24.5 Å². The highest BCUT2D eigenvalue weighted by Crippen LogP contribution is 2.45. The Kier molecular flexibility index (Phi) is 7.62. The molecule has 1 aromatic rings. The van der Waals surface area contributed by atoms with Crippen molar-refractivity contribution in [3.63, 3.8) is 0 Å². The van der Waals surface area contributed by atoms with Crippen LogP contribution in [0.5, 0.6) is 0 Å². The fraction of sp³-hybridized carbons (Fsp3) is 0.577. The van der Waals surface area contributed by atoms with Gasteiger partial charge in [0.1, 0.15) is 6.04 Å². The molecule has 1 fully saturated rings. The van der Waals surface area contributed by atoms with Crippen molar-refractivity contribution in [2.24, 2.45) is 29.6 Å². The van der Waals surface area contributed by atoms with Gasteiger partial charge in [-0.15, -0.1) is 0 Å². The molecule has 0 bridgehead atoms. The van der Waals surface area contributed by atoms with Crippen LogP contribution in [0.1, 0.15) is 38.3 Å². The summed E-state index contributed by atoms with van der Waals surface area (Å²) in [5, 5.41) is 16.0. The van der Waals surface area contributed by atoms with E-state index in [2.05, 4.69) is 10.6 Å². The molecule has 3 amide bonds. The fourth-order valence-corrected chi connectivity index (χ4v) is 5.35. The van der Waals surface area contributed by atoms with E-state index in [4.69, 9.17) is 0 Å². The first-order valence-corrected chi connectivity index (χ1v) is 11.9. The molecule has 0 aromatic heterocycles. The van der Waals surface area contributed by atoms with Gasteiger partial charge in [-0.25, -0.2) is 0 Å². The number of nitrogens with zero attached hydrogens (tertiary/aromatic N) is 1. The van der Waals surface area contributed by atoms with E-state index in [0.717, 1.165) is 17.5 Å². The van der Waals surface area contributed by atoms with Crippen LogP contribution in [0.3, 0.4) is 0 Å². The molecular weight excluding hydrogens is 418 g/mol. The molecule has 3 rings (SSSR count). The average Bonchev–Trinajstić information content (AvgIpc) is 3.08. The van der Waals surface area contributed by atoms with Crippen LogP contribution in [0.15, 0.2) is 30.4 Å².